The quantitative estimate of drug-likeness (QED) is 0.792. The molecule has 1 fully saturated rings. The first-order valence-electron chi connectivity index (χ1n) is 6.73. The summed E-state index contributed by atoms with van der Waals surface area (Å²) in [4.78, 5) is 0. The number of quaternary nitrogens is 1. The fourth-order valence-electron chi connectivity index (χ4n) is 2.71. The third-order valence-corrected chi connectivity index (χ3v) is 4.01. The highest BCUT2D eigenvalue weighted by atomic mass is 16.3. The molecule has 1 aliphatic heterocycles. The van der Waals surface area contributed by atoms with Gasteiger partial charge in [0.1, 0.15) is 0 Å². The first kappa shape index (κ1) is 12.6. The summed E-state index contributed by atoms with van der Waals surface area (Å²) in [6.07, 6.45) is 4.33. The SMILES string of the molecule is C[N+]1(CCCc2ccccc2)CCC(O)CC1. The van der Waals surface area contributed by atoms with E-state index in [9.17, 15) is 5.11 Å². The van der Waals surface area contributed by atoms with Crippen molar-refractivity contribution in [2.45, 2.75) is 31.8 Å². The molecule has 0 atom stereocenters. The van der Waals surface area contributed by atoms with Crippen LogP contribution in [-0.4, -0.2) is 42.4 Å². The standard InChI is InChI=1S/C15H24NO/c1-16(12-9-15(17)10-13-16)11-5-8-14-6-3-2-4-7-14/h2-4,6-7,15,17H,5,8-13H2,1H3/q+1. The summed E-state index contributed by atoms with van der Waals surface area (Å²) >= 11 is 0. The molecule has 0 saturated carbocycles. The van der Waals surface area contributed by atoms with Crippen LogP contribution in [0.4, 0.5) is 0 Å². The van der Waals surface area contributed by atoms with Gasteiger partial charge in [0.2, 0.25) is 0 Å². The zero-order valence-corrected chi connectivity index (χ0v) is 10.8. The molecule has 0 aromatic heterocycles. The molecule has 1 N–H and O–H groups in total. The lowest BCUT2D eigenvalue weighted by Gasteiger charge is -2.39. The number of nitrogens with zero attached hydrogens (tertiary/aromatic N) is 1. The molecule has 2 rings (SSSR count). The average Bonchev–Trinajstić information content (AvgIpc) is 2.35. The monoisotopic (exact) mass is 234 g/mol. The Morgan fingerprint density at radius 1 is 1.18 bits per heavy atom. The highest BCUT2D eigenvalue weighted by molar-refractivity contribution is 5.14. The van der Waals surface area contributed by atoms with Crippen LogP contribution in [0.3, 0.4) is 0 Å². The van der Waals surface area contributed by atoms with E-state index in [1.54, 1.807) is 0 Å². The molecule has 1 aromatic rings. The summed E-state index contributed by atoms with van der Waals surface area (Å²) in [7, 11) is 2.33. The Balaban J connectivity index is 1.75. The molecule has 2 heteroatoms. The molecule has 0 amide bonds. The molecule has 17 heavy (non-hydrogen) atoms. The summed E-state index contributed by atoms with van der Waals surface area (Å²) in [5.41, 5.74) is 1.44. The van der Waals surface area contributed by atoms with Gasteiger partial charge in [0.05, 0.1) is 32.8 Å². The van der Waals surface area contributed by atoms with Crippen LogP contribution in [0.2, 0.25) is 0 Å². The summed E-state index contributed by atoms with van der Waals surface area (Å²) < 4.78 is 1.14. The minimum absolute atomic E-state index is 0.0460. The van der Waals surface area contributed by atoms with Gasteiger partial charge >= 0.3 is 0 Å². The first-order chi connectivity index (χ1) is 8.18. The fraction of sp³-hybridized carbons (Fsp3) is 0.600. The van der Waals surface area contributed by atoms with E-state index in [1.807, 2.05) is 0 Å². The summed E-state index contributed by atoms with van der Waals surface area (Å²) in [5.74, 6) is 0. The van der Waals surface area contributed by atoms with Crippen molar-refractivity contribution in [3.8, 4) is 0 Å². The van der Waals surface area contributed by atoms with Gasteiger partial charge in [0.15, 0.2) is 0 Å². The second-order valence-corrected chi connectivity index (χ2v) is 5.61. The summed E-state index contributed by atoms with van der Waals surface area (Å²) in [6.45, 7) is 3.51. The second-order valence-electron chi connectivity index (χ2n) is 5.61. The number of benzene rings is 1. The van der Waals surface area contributed by atoms with Crippen LogP contribution in [-0.2, 0) is 6.42 Å². The number of aliphatic hydroxyl groups excluding tert-OH is 1. The lowest BCUT2D eigenvalue weighted by Crippen LogP contribution is -2.51. The third kappa shape index (κ3) is 3.83. The van der Waals surface area contributed by atoms with Crippen LogP contribution in [0.25, 0.3) is 0 Å². The third-order valence-electron chi connectivity index (χ3n) is 4.01. The second kappa shape index (κ2) is 5.65. The minimum Gasteiger partial charge on any atom is -0.393 e. The van der Waals surface area contributed by atoms with Crippen LogP contribution in [0, 0.1) is 0 Å². The molecule has 1 aromatic carbocycles. The van der Waals surface area contributed by atoms with Gasteiger partial charge in [-0.25, -0.2) is 0 Å². The number of hydrogen-bond donors (Lipinski definition) is 1. The van der Waals surface area contributed by atoms with Gasteiger partial charge in [-0.05, 0) is 12.0 Å². The topological polar surface area (TPSA) is 20.2 Å². The zero-order chi connectivity index (χ0) is 12.1. The highest BCUT2D eigenvalue weighted by Gasteiger charge is 2.28. The van der Waals surface area contributed by atoms with Crippen LogP contribution in [0.5, 0.6) is 0 Å². The van der Waals surface area contributed by atoms with Gasteiger partial charge in [0, 0.05) is 19.3 Å². The molecule has 1 saturated heterocycles. The Labute approximate surface area is 104 Å². The van der Waals surface area contributed by atoms with E-state index in [-0.39, 0.29) is 6.10 Å². The largest absolute Gasteiger partial charge is 0.393 e. The molecule has 1 heterocycles. The maximum absolute atomic E-state index is 9.53. The molecule has 0 radical (unpaired) electrons. The van der Waals surface area contributed by atoms with Gasteiger partial charge < -0.3 is 9.59 Å². The normalized spacial score (nSPS) is 29.2. The first-order valence-corrected chi connectivity index (χ1v) is 6.73. The Hall–Kier alpha value is -0.860. The van der Waals surface area contributed by atoms with Crippen molar-refractivity contribution in [3.63, 3.8) is 0 Å². The Morgan fingerprint density at radius 3 is 2.47 bits per heavy atom. The van der Waals surface area contributed by atoms with Crippen molar-refractivity contribution in [1.82, 2.24) is 0 Å². The molecule has 2 nitrogen and oxygen atoms in total. The minimum atomic E-state index is -0.0460. The van der Waals surface area contributed by atoms with Crippen molar-refractivity contribution < 1.29 is 9.59 Å². The Kier molecular flexibility index (Phi) is 4.19. The molecular formula is C15H24NO+. The Bertz CT molecular complexity index is 328. The fourth-order valence-corrected chi connectivity index (χ4v) is 2.71. The molecular weight excluding hydrogens is 210 g/mol. The Morgan fingerprint density at radius 2 is 1.82 bits per heavy atom. The zero-order valence-electron chi connectivity index (χ0n) is 10.8. The van der Waals surface area contributed by atoms with Crippen LogP contribution >= 0.6 is 0 Å². The lowest BCUT2D eigenvalue weighted by atomic mass is 10.0. The van der Waals surface area contributed by atoms with Gasteiger partial charge in [-0.2, -0.15) is 0 Å². The number of rotatable bonds is 4. The highest BCUT2D eigenvalue weighted by Crippen LogP contribution is 2.18. The molecule has 94 valence electrons. The number of hydrogen-bond acceptors (Lipinski definition) is 1. The van der Waals surface area contributed by atoms with Gasteiger partial charge in [-0.3, -0.25) is 0 Å². The average molecular weight is 234 g/mol. The van der Waals surface area contributed by atoms with E-state index in [1.165, 1.54) is 24.9 Å². The van der Waals surface area contributed by atoms with Crippen LogP contribution in [0.1, 0.15) is 24.8 Å². The van der Waals surface area contributed by atoms with Crippen LogP contribution < -0.4 is 0 Å². The van der Waals surface area contributed by atoms with E-state index < -0.39 is 0 Å². The van der Waals surface area contributed by atoms with E-state index in [4.69, 9.17) is 0 Å². The summed E-state index contributed by atoms with van der Waals surface area (Å²) in [6, 6.07) is 10.7. The molecule has 1 aliphatic rings. The molecule has 0 unspecified atom stereocenters. The number of piperidine rings is 1. The van der Waals surface area contributed by atoms with Crippen molar-refractivity contribution in [3.05, 3.63) is 35.9 Å². The van der Waals surface area contributed by atoms with E-state index in [0.717, 1.165) is 30.4 Å². The van der Waals surface area contributed by atoms with Crippen molar-refractivity contribution in [2.24, 2.45) is 0 Å². The molecule has 0 bridgehead atoms. The van der Waals surface area contributed by atoms with Gasteiger partial charge in [0.25, 0.3) is 0 Å². The lowest BCUT2D eigenvalue weighted by molar-refractivity contribution is -0.915. The smallest absolute Gasteiger partial charge is 0.0809 e. The summed E-state index contributed by atoms with van der Waals surface area (Å²) in [5, 5.41) is 9.53. The number of aryl methyl sites for hydroxylation is 1. The van der Waals surface area contributed by atoms with E-state index in [0.29, 0.717) is 0 Å². The van der Waals surface area contributed by atoms with Gasteiger partial charge in [-0.1, -0.05) is 30.3 Å². The van der Waals surface area contributed by atoms with Crippen molar-refractivity contribution in [1.29, 1.82) is 0 Å². The number of aliphatic hydroxyl groups is 1. The van der Waals surface area contributed by atoms with Gasteiger partial charge in [-0.15, -0.1) is 0 Å². The number of likely N-dealkylation sites (tertiary alicyclic amines) is 1. The van der Waals surface area contributed by atoms with Crippen molar-refractivity contribution in [2.75, 3.05) is 26.7 Å². The maximum Gasteiger partial charge on any atom is 0.0809 e. The predicted octanol–water partition coefficient (Wildman–Crippen LogP) is 2.22. The van der Waals surface area contributed by atoms with Crippen LogP contribution in [0.15, 0.2) is 30.3 Å². The molecule has 0 aliphatic carbocycles. The van der Waals surface area contributed by atoms with Crippen molar-refractivity contribution >= 4 is 0 Å². The maximum atomic E-state index is 9.53. The van der Waals surface area contributed by atoms with E-state index in [2.05, 4.69) is 37.4 Å². The van der Waals surface area contributed by atoms with E-state index >= 15 is 0 Å². The predicted molar refractivity (Wildman–Crippen MR) is 70.8 cm³/mol. The molecule has 0 spiro atoms.